The number of rotatable bonds is 4. The van der Waals surface area contributed by atoms with Crippen LogP contribution >= 0.6 is 11.6 Å². The smallest absolute Gasteiger partial charge is 0.416 e. The van der Waals surface area contributed by atoms with Gasteiger partial charge in [-0.15, -0.1) is 0 Å². The predicted octanol–water partition coefficient (Wildman–Crippen LogP) is 4.04. The molecule has 0 saturated carbocycles. The quantitative estimate of drug-likeness (QED) is 0.617. The van der Waals surface area contributed by atoms with E-state index in [0.717, 1.165) is 0 Å². The molecule has 17 heavy (non-hydrogen) atoms. The number of aliphatic carboxylic acids is 1. The van der Waals surface area contributed by atoms with Gasteiger partial charge in [0.1, 0.15) is 0 Å². The normalized spacial score (nSPS) is 15.1. The highest BCUT2D eigenvalue weighted by atomic mass is 35.5. The van der Waals surface area contributed by atoms with E-state index in [0.29, 0.717) is 18.6 Å². The van der Waals surface area contributed by atoms with Crippen LogP contribution in [-0.4, -0.2) is 17.3 Å². The van der Waals surface area contributed by atoms with Crippen molar-refractivity contribution in [2.75, 3.05) is 0 Å². The van der Waals surface area contributed by atoms with Crippen LogP contribution in [-0.2, 0) is 4.79 Å². The first-order valence-corrected chi connectivity index (χ1v) is 5.12. The maximum Gasteiger partial charge on any atom is 0.416 e. The molecule has 6 heteroatoms. The Kier molecular flexibility index (Phi) is 6.02. The third-order valence-electron chi connectivity index (χ3n) is 1.66. The van der Waals surface area contributed by atoms with Crippen LogP contribution in [0.15, 0.2) is 34.4 Å². The van der Waals surface area contributed by atoms with Crippen molar-refractivity contribution < 1.29 is 23.1 Å². The summed E-state index contributed by atoms with van der Waals surface area (Å²) in [5.74, 6) is -1.41. The standard InChI is InChI=1S/C11H12ClF3O2/c1-3-4-8(10(16)17)6-9(5-7(2)12)11(13,14)15/h4-6H,3H2,1-2H3,(H,16,17)/b7-5+,8-4-,9-6+. The Morgan fingerprint density at radius 3 is 2.18 bits per heavy atom. The molecule has 2 nitrogen and oxygen atoms in total. The monoisotopic (exact) mass is 268 g/mol. The highest BCUT2D eigenvalue weighted by molar-refractivity contribution is 6.29. The zero-order valence-electron chi connectivity index (χ0n) is 9.31. The van der Waals surface area contributed by atoms with Crippen molar-refractivity contribution >= 4 is 17.6 Å². The SMILES string of the molecule is CC/C=C(/C=C(\C=C(/C)Cl)C(F)(F)F)C(=O)O. The largest absolute Gasteiger partial charge is 0.478 e. The summed E-state index contributed by atoms with van der Waals surface area (Å²) in [4.78, 5) is 10.7. The summed E-state index contributed by atoms with van der Waals surface area (Å²) in [5, 5.41) is 8.64. The van der Waals surface area contributed by atoms with Crippen molar-refractivity contribution in [1.29, 1.82) is 0 Å². The van der Waals surface area contributed by atoms with Crippen LogP contribution in [0.1, 0.15) is 20.3 Å². The third kappa shape index (κ3) is 6.16. The second-order valence-electron chi connectivity index (χ2n) is 3.20. The Bertz CT molecular complexity index is 375. The van der Waals surface area contributed by atoms with Crippen LogP contribution in [0.5, 0.6) is 0 Å². The first kappa shape index (κ1) is 15.8. The molecule has 0 aromatic rings. The minimum absolute atomic E-state index is 0.0742. The van der Waals surface area contributed by atoms with E-state index in [1.54, 1.807) is 6.92 Å². The summed E-state index contributed by atoms with van der Waals surface area (Å²) < 4.78 is 37.7. The Hall–Kier alpha value is -1.23. The average molecular weight is 269 g/mol. The van der Waals surface area contributed by atoms with Crippen molar-refractivity contribution in [3.8, 4) is 0 Å². The Morgan fingerprint density at radius 1 is 1.35 bits per heavy atom. The molecule has 96 valence electrons. The zero-order valence-corrected chi connectivity index (χ0v) is 10.1. The summed E-state index contributed by atoms with van der Waals surface area (Å²) in [6.07, 6.45) is -1.86. The second-order valence-corrected chi connectivity index (χ2v) is 3.80. The van der Waals surface area contributed by atoms with E-state index in [4.69, 9.17) is 16.7 Å². The van der Waals surface area contributed by atoms with E-state index >= 15 is 0 Å². The maximum absolute atomic E-state index is 12.6. The molecule has 0 heterocycles. The number of hydrogen-bond donors (Lipinski definition) is 1. The summed E-state index contributed by atoms with van der Waals surface area (Å²) >= 11 is 5.37. The zero-order chi connectivity index (χ0) is 13.6. The van der Waals surface area contributed by atoms with Crippen LogP contribution in [0, 0.1) is 0 Å². The molecule has 0 unspecified atom stereocenters. The van der Waals surface area contributed by atoms with Crippen LogP contribution in [0.25, 0.3) is 0 Å². The summed E-state index contributed by atoms with van der Waals surface area (Å²) in [7, 11) is 0. The van der Waals surface area contributed by atoms with E-state index in [1.807, 2.05) is 0 Å². The molecule has 0 aliphatic heterocycles. The predicted molar refractivity (Wildman–Crippen MR) is 59.8 cm³/mol. The maximum atomic E-state index is 12.6. The number of carboxylic acid groups (broad SMARTS) is 1. The van der Waals surface area contributed by atoms with Crippen LogP contribution < -0.4 is 0 Å². The van der Waals surface area contributed by atoms with Gasteiger partial charge in [0, 0.05) is 5.03 Å². The van der Waals surface area contributed by atoms with Crippen molar-refractivity contribution in [2.24, 2.45) is 0 Å². The lowest BCUT2D eigenvalue weighted by atomic mass is 10.1. The molecule has 0 amide bonds. The number of halogens is 4. The van der Waals surface area contributed by atoms with Gasteiger partial charge in [-0.2, -0.15) is 13.2 Å². The minimum atomic E-state index is -4.64. The molecule has 0 spiro atoms. The molecule has 0 saturated heterocycles. The van der Waals surface area contributed by atoms with Gasteiger partial charge < -0.3 is 5.11 Å². The van der Waals surface area contributed by atoms with Crippen LogP contribution in [0.3, 0.4) is 0 Å². The number of alkyl halides is 3. The van der Waals surface area contributed by atoms with Crippen molar-refractivity contribution in [3.63, 3.8) is 0 Å². The number of carbonyl (C=O) groups is 1. The Morgan fingerprint density at radius 2 is 1.88 bits per heavy atom. The molecule has 0 aliphatic rings. The van der Waals surface area contributed by atoms with Gasteiger partial charge in [0.25, 0.3) is 0 Å². The van der Waals surface area contributed by atoms with Gasteiger partial charge in [-0.1, -0.05) is 24.6 Å². The van der Waals surface area contributed by atoms with Gasteiger partial charge in [0.05, 0.1) is 11.1 Å². The first-order valence-electron chi connectivity index (χ1n) is 4.74. The highest BCUT2D eigenvalue weighted by Crippen LogP contribution is 2.29. The fourth-order valence-electron chi connectivity index (χ4n) is 1.02. The van der Waals surface area contributed by atoms with E-state index in [1.165, 1.54) is 13.0 Å². The van der Waals surface area contributed by atoms with E-state index < -0.39 is 23.3 Å². The van der Waals surface area contributed by atoms with Gasteiger partial charge in [0.2, 0.25) is 0 Å². The molecule has 0 fully saturated rings. The van der Waals surface area contributed by atoms with E-state index in [9.17, 15) is 18.0 Å². The number of hydrogen-bond acceptors (Lipinski definition) is 1. The average Bonchev–Trinajstić information content (AvgIpc) is 2.13. The van der Waals surface area contributed by atoms with Gasteiger partial charge in [-0.25, -0.2) is 4.79 Å². The van der Waals surface area contributed by atoms with Gasteiger partial charge >= 0.3 is 12.1 Å². The molecule has 1 N–H and O–H groups in total. The van der Waals surface area contributed by atoms with Gasteiger partial charge in [-0.05, 0) is 25.5 Å². The highest BCUT2D eigenvalue weighted by Gasteiger charge is 2.32. The van der Waals surface area contributed by atoms with Crippen molar-refractivity contribution in [1.82, 2.24) is 0 Å². The lowest BCUT2D eigenvalue weighted by Crippen LogP contribution is -2.12. The molecule has 0 aromatic heterocycles. The van der Waals surface area contributed by atoms with Crippen molar-refractivity contribution in [2.45, 2.75) is 26.4 Å². The fraction of sp³-hybridized carbons (Fsp3) is 0.364. The third-order valence-corrected chi connectivity index (χ3v) is 1.77. The van der Waals surface area contributed by atoms with E-state index in [-0.39, 0.29) is 5.03 Å². The number of allylic oxidation sites excluding steroid dienone is 4. The fourth-order valence-corrected chi connectivity index (χ4v) is 1.13. The summed E-state index contributed by atoms with van der Waals surface area (Å²) in [5.41, 5.74) is -1.50. The van der Waals surface area contributed by atoms with Crippen molar-refractivity contribution in [3.05, 3.63) is 34.4 Å². The van der Waals surface area contributed by atoms with Gasteiger partial charge in [0.15, 0.2) is 0 Å². The Balaban J connectivity index is 5.52. The van der Waals surface area contributed by atoms with Crippen LogP contribution in [0.4, 0.5) is 13.2 Å². The lowest BCUT2D eigenvalue weighted by Gasteiger charge is -2.08. The summed E-state index contributed by atoms with van der Waals surface area (Å²) in [6, 6.07) is 0. The van der Waals surface area contributed by atoms with E-state index in [2.05, 4.69) is 0 Å². The van der Waals surface area contributed by atoms with Gasteiger partial charge in [-0.3, -0.25) is 0 Å². The molecular formula is C11H12ClF3O2. The first-order chi connectivity index (χ1) is 7.68. The molecule has 0 aromatic carbocycles. The molecule has 0 bridgehead atoms. The molecule has 0 radical (unpaired) electrons. The number of carboxylic acids is 1. The summed E-state index contributed by atoms with van der Waals surface area (Å²) in [6.45, 7) is 2.91. The molecule has 0 atom stereocenters. The minimum Gasteiger partial charge on any atom is -0.478 e. The second kappa shape index (κ2) is 6.49. The molecular weight excluding hydrogens is 257 g/mol. The lowest BCUT2D eigenvalue weighted by molar-refractivity contribution is -0.132. The Labute approximate surface area is 102 Å². The topological polar surface area (TPSA) is 37.3 Å². The molecule has 0 rings (SSSR count). The molecule has 0 aliphatic carbocycles. The van der Waals surface area contributed by atoms with Crippen LogP contribution in [0.2, 0.25) is 0 Å².